The van der Waals surface area contributed by atoms with E-state index in [9.17, 15) is 9.59 Å². The number of hydrogen-bond acceptors (Lipinski definition) is 4. The Morgan fingerprint density at radius 1 is 0.763 bits per heavy atom. The van der Waals surface area contributed by atoms with Gasteiger partial charge in [0.15, 0.2) is 0 Å². The molecule has 5 fully saturated rings. The van der Waals surface area contributed by atoms with Crippen LogP contribution in [-0.2, 0) is 19.1 Å². The van der Waals surface area contributed by atoms with Gasteiger partial charge >= 0.3 is 11.9 Å². The summed E-state index contributed by atoms with van der Waals surface area (Å²) in [6.45, 7) is 23.1. The van der Waals surface area contributed by atoms with Crippen LogP contribution in [0.15, 0.2) is 12.2 Å². The van der Waals surface area contributed by atoms with Crippen molar-refractivity contribution in [3.8, 4) is 0 Å². The molecule has 0 aromatic carbocycles. The van der Waals surface area contributed by atoms with Crippen LogP contribution in [0.5, 0.6) is 0 Å². The maximum absolute atomic E-state index is 11.9. The van der Waals surface area contributed by atoms with Crippen LogP contribution in [0.1, 0.15) is 120 Å². The van der Waals surface area contributed by atoms with E-state index in [0.29, 0.717) is 41.6 Å². The number of fused-ring (bicyclic) bond motifs is 7. The Labute approximate surface area is 232 Å². The molecule has 0 spiro atoms. The Hall–Kier alpha value is -1.32. The zero-order valence-corrected chi connectivity index (χ0v) is 25.6. The van der Waals surface area contributed by atoms with Gasteiger partial charge in [0.25, 0.3) is 0 Å². The van der Waals surface area contributed by atoms with Gasteiger partial charge in [0.1, 0.15) is 6.10 Å². The van der Waals surface area contributed by atoms with Gasteiger partial charge in [-0.15, -0.1) is 0 Å². The molecule has 4 heteroatoms. The van der Waals surface area contributed by atoms with E-state index in [1.54, 1.807) is 13.8 Å². The van der Waals surface area contributed by atoms with Crippen LogP contribution in [-0.4, -0.2) is 24.6 Å². The largest absolute Gasteiger partial charge is 0.465 e. The van der Waals surface area contributed by atoms with Gasteiger partial charge in [-0.2, -0.15) is 0 Å². The Bertz CT molecular complexity index is 998. The van der Waals surface area contributed by atoms with Crippen molar-refractivity contribution in [2.45, 2.75) is 126 Å². The summed E-state index contributed by atoms with van der Waals surface area (Å²) in [5.74, 6) is 2.76. The van der Waals surface area contributed by atoms with Crippen LogP contribution < -0.4 is 0 Å². The molecule has 0 heterocycles. The molecule has 5 aliphatic rings. The Morgan fingerprint density at radius 2 is 1.47 bits per heavy atom. The molecule has 0 bridgehead atoms. The van der Waals surface area contributed by atoms with Gasteiger partial charge in [-0.05, 0) is 117 Å². The molecule has 10 atom stereocenters. The van der Waals surface area contributed by atoms with Crippen molar-refractivity contribution >= 4 is 11.9 Å². The second-order valence-electron chi connectivity index (χ2n) is 15.8. The van der Waals surface area contributed by atoms with E-state index in [-0.39, 0.29) is 39.7 Å². The van der Waals surface area contributed by atoms with E-state index in [4.69, 9.17) is 9.47 Å². The Kier molecular flexibility index (Phi) is 6.76. The summed E-state index contributed by atoms with van der Waals surface area (Å²) in [5.41, 5.74) is 2.30. The minimum absolute atomic E-state index is 0.00000109. The number of carbonyl (C=O) groups excluding carboxylic acids is 2. The molecule has 0 unspecified atom stereocenters. The van der Waals surface area contributed by atoms with Crippen molar-refractivity contribution in [3.05, 3.63) is 12.2 Å². The molecule has 0 radical (unpaired) electrons. The average Bonchev–Trinajstić information content (AvgIpc) is 3.20. The number of allylic oxidation sites excluding steroid dienone is 1. The van der Waals surface area contributed by atoms with Crippen LogP contribution in [0, 0.1) is 56.7 Å². The van der Waals surface area contributed by atoms with Crippen molar-refractivity contribution in [1.82, 2.24) is 0 Å². The monoisotopic (exact) mass is 526 g/mol. The molecular formula is C34H54O4. The minimum atomic E-state index is -0.140. The maximum atomic E-state index is 11.9. The lowest BCUT2D eigenvalue weighted by Crippen LogP contribution is -2.67. The number of esters is 2. The van der Waals surface area contributed by atoms with E-state index in [2.05, 4.69) is 48.1 Å². The molecule has 214 valence electrons. The predicted molar refractivity (Wildman–Crippen MR) is 151 cm³/mol. The minimum Gasteiger partial charge on any atom is -0.465 e. The zero-order chi connectivity index (χ0) is 27.9. The molecule has 5 aliphatic carbocycles. The van der Waals surface area contributed by atoms with E-state index >= 15 is 0 Å². The van der Waals surface area contributed by atoms with Crippen molar-refractivity contribution in [2.24, 2.45) is 56.7 Å². The lowest BCUT2D eigenvalue weighted by atomic mass is 9.32. The third-order valence-electron chi connectivity index (χ3n) is 14.0. The average molecular weight is 527 g/mol. The summed E-state index contributed by atoms with van der Waals surface area (Å²) < 4.78 is 11.7. The fourth-order valence-corrected chi connectivity index (χ4v) is 12.2. The number of ether oxygens (including phenoxy) is 2. The summed E-state index contributed by atoms with van der Waals surface area (Å²) in [5, 5.41) is 0. The van der Waals surface area contributed by atoms with E-state index in [1.165, 1.54) is 56.9 Å². The number of hydrogen-bond donors (Lipinski definition) is 0. The first kappa shape index (κ1) is 28.2. The highest BCUT2D eigenvalue weighted by Crippen LogP contribution is 2.77. The molecule has 5 rings (SSSR count). The van der Waals surface area contributed by atoms with E-state index < -0.39 is 0 Å². The first-order valence-corrected chi connectivity index (χ1v) is 15.6. The van der Waals surface area contributed by atoms with Gasteiger partial charge in [0, 0.05) is 24.7 Å². The molecule has 0 aromatic rings. The summed E-state index contributed by atoms with van der Waals surface area (Å²) in [6, 6.07) is 0. The SMILES string of the molecule is C=C(C)[C@@H]1CC[C@]2(COC(C)=O)CC[C@]3(C)[C@H](CC[C@@H]4[C@@]5(C)CC[C@H](OC(C)=O)C(C)(C)[C@H]5CC[C@]43C)[C@@H]12. The topological polar surface area (TPSA) is 52.6 Å². The Morgan fingerprint density at radius 3 is 2.11 bits per heavy atom. The fraction of sp³-hybridized carbons (Fsp3) is 0.882. The summed E-state index contributed by atoms with van der Waals surface area (Å²) in [7, 11) is 0. The zero-order valence-electron chi connectivity index (χ0n) is 25.6. The lowest BCUT2D eigenvalue weighted by Gasteiger charge is -2.73. The summed E-state index contributed by atoms with van der Waals surface area (Å²) >= 11 is 0. The van der Waals surface area contributed by atoms with Gasteiger partial charge in [0.2, 0.25) is 0 Å². The van der Waals surface area contributed by atoms with Crippen LogP contribution >= 0.6 is 0 Å². The van der Waals surface area contributed by atoms with Crippen molar-refractivity contribution in [1.29, 1.82) is 0 Å². The third kappa shape index (κ3) is 3.80. The van der Waals surface area contributed by atoms with Gasteiger partial charge < -0.3 is 9.47 Å². The van der Waals surface area contributed by atoms with Gasteiger partial charge in [-0.1, -0.05) is 46.8 Å². The normalized spacial score (nSPS) is 49.1. The highest BCUT2D eigenvalue weighted by molar-refractivity contribution is 5.66. The molecule has 4 nitrogen and oxygen atoms in total. The molecule has 0 aromatic heterocycles. The molecule has 38 heavy (non-hydrogen) atoms. The Balaban J connectivity index is 1.49. The van der Waals surface area contributed by atoms with Gasteiger partial charge in [0.05, 0.1) is 6.61 Å². The lowest BCUT2D eigenvalue weighted by molar-refractivity contribution is -0.252. The first-order chi connectivity index (χ1) is 17.6. The van der Waals surface area contributed by atoms with Crippen LogP contribution in [0.4, 0.5) is 0 Å². The predicted octanol–water partition coefficient (Wildman–Crippen LogP) is 8.14. The molecule has 0 amide bonds. The van der Waals surface area contributed by atoms with Crippen LogP contribution in [0.25, 0.3) is 0 Å². The van der Waals surface area contributed by atoms with Gasteiger partial charge in [-0.25, -0.2) is 0 Å². The molecular weight excluding hydrogens is 472 g/mol. The van der Waals surface area contributed by atoms with Crippen molar-refractivity contribution in [3.63, 3.8) is 0 Å². The molecule has 0 saturated heterocycles. The van der Waals surface area contributed by atoms with Crippen molar-refractivity contribution in [2.75, 3.05) is 6.61 Å². The van der Waals surface area contributed by atoms with E-state index in [0.717, 1.165) is 12.8 Å². The smallest absolute Gasteiger partial charge is 0.302 e. The second kappa shape index (κ2) is 9.10. The van der Waals surface area contributed by atoms with Crippen molar-refractivity contribution < 1.29 is 19.1 Å². The first-order valence-electron chi connectivity index (χ1n) is 15.6. The maximum Gasteiger partial charge on any atom is 0.302 e. The second-order valence-corrected chi connectivity index (χ2v) is 15.8. The summed E-state index contributed by atoms with van der Waals surface area (Å²) in [6.07, 6.45) is 12.0. The van der Waals surface area contributed by atoms with Crippen LogP contribution in [0.3, 0.4) is 0 Å². The number of rotatable bonds is 4. The molecule has 5 saturated carbocycles. The number of carbonyl (C=O) groups is 2. The molecule has 0 aliphatic heterocycles. The fourth-order valence-electron chi connectivity index (χ4n) is 12.2. The van der Waals surface area contributed by atoms with Crippen LogP contribution in [0.2, 0.25) is 0 Å². The molecule has 0 N–H and O–H groups in total. The van der Waals surface area contributed by atoms with Gasteiger partial charge in [-0.3, -0.25) is 9.59 Å². The highest BCUT2D eigenvalue weighted by Gasteiger charge is 2.71. The van der Waals surface area contributed by atoms with E-state index in [1.807, 2.05) is 0 Å². The summed E-state index contributed by atoms with van der Waals surface area (Å²) in [4.78, 5) is 23.8. The standard InChI is InChI=1S/C34H54O4/c1-21(2)24-12-17-34(20-37-22(3)35)19-18-32(8)25(29(24)34)10-11-27-31(7)15-14-28(38-23(4)36)30(5,6)26(31)13-16-33(27,32)9/h24-29H,1,10-20H2,2-9H3/t24-,25+,26+,27+,28-,29+,31-,32+,33+,34+/m0/s1. The quantitative estimate of drug-likeness (QED) is 0.274. The highest BCUT2D eigenvalue weighted by atomic mass is 16.5. The third-order valence-corrected chi connectivity index (χ3v) is 14.0.